The minimum Gasteiger partial charge on any atom is -0.444 e. The lowest BCUT2D eigenvalue weighted by Crippen LogP contribution is -2.33. The van der Waals surface area contributed by atoms with E-state index in [4.69, 9.17) is 4.74 Å². The van der Waals surface area contributed by atoms with E-state index >= 15 is 0 Å². The average Bonchev–Trinajstić information content (AvgIpc) is 3.13. The first-order valence-corrected chi connectivity index (χ1v) is 11.7. The average molecular weight is 475 g/mol. The highest BCUT2D eigenvalue weighted by molar-refractivity contribution is 7.91. The van der Waals surface area contributed by atoms with Crippen molar-refractivity contribution in [2.75, 3.05) is 7.05 Å². The highest BCUT2D eigenvalue weighted by Crippen LogP contribution is 2.26. The molecule has 0 atom stereocenters. The number of sulfone groups is 1. The van der Waals surface area contributed by atoms with E-state index < -0.39 is 27.3 Å². The second-order valence-electron chi connectivity index (χ2n) is 8.82. The number of halogens is 1. The molecule has 3 rings (SSSR count). The standard InChI is InChI=1S/C23H27FN4O4S/c1-15-7-10-19(24)20(11-15)28-21(33(30,31)18-9-8-16(2)25-13-18)12-17(26-28)14-27(6)22(29)32-23(3,4)5/h7-13H,14H2,1-6H3. The van der Waals surface area contributed by atoms with Gasteiger partial charge >= 0.3 is 6.09 Å². The molecular weight excluding hydrogens is 447 g/mol. The van der Waals surface area contributed by atoms with Gasteiger partial charge in [-0.3, -0.25) is 4.98 Å². The molecule has 0 spiro atoms. The molecule has 0 bridgehead atoms. The maximum absolute atomic E-state index is 14.7. The molecular formula is C23H27FN4O4S. The summed E-state index contributed by atoms with van der Waals surface area (Å²) >= 11 is 0. The van der Waals surface area contributed by atoms with E-state index in [2.05, 4.69) is 10.1 Å². The first-order chi connectivity index (χ1) is 15.3. The lowest BCUT2D eigenvalue weighted by Gasteiger charge is -2.24. The first kappa shape index (κ1) is 24.4. The second-order valence-corrected chi connectivity index (χ2v) is 10.7. The third-order valence-electron chi connectivity index (χ3n) is 4.63. The fraction of sp³-hybridized carbons (Fsp3) is 0.348. The van der Waals surface area contributed by atoms with Gasteiger partial charge < -0.3 is 9.64 Å². The zero-order chi connectivity index (χ0) is 24.6. The summed E-state index contributed by atoms with van der Waals surface area (Å²) in [5.41, 5.74) is 0.937. The Morgan fingerprint density at radius 2 is 1.85 bits per heavy atom. The van der Waals surface area contributed by atoms with Gasteiger partial charge in [0, 0.05) is 25.0 Å². The predicted molar refractivity (Wildman–Crippen MR) is 120 cm³/mol. The number of nitrogens with zero attached hydrogens (tertiary/aromatic N) is 4. The SMILES string of the molecule is Cc1ccc(F)c(-n2nc(CN(C)C(=O)OC(C)(C)C)cc2S(=O)(=O)c2ccc(C)nc2)c1. The minimum atomic E-state index is -4.09. The molecule has 3 aromatic rings. The molecule has 0 fully saturated rings. The molecule has 0 saturated heterocycles. The maximum Gasteiger partial charge on any atom is 0.410 e. The van der Waals surface area contributed by atoms with E-state index in [-0.39, 0.29) is 27.8 Å². The molecule has 0 aliphatic rings. The molecule has 0 aliphatic carbocycles. The van der Waals surface area contributed by atoms with E-state index in [0.29, 0.717) is 5.69 Å². The van der Waals surface area contributed by atoms with Gasteiger partial charge in [-0.05, 0) is 64.4 Å². The van der Waals surface area contributed by atoms with Crippen LogP contribution in [0.1, 0.15) is 37.7 Å². The summed E-state index contributed by atoms with van der Waals surface area (Å²) in [4.78, 5) is 17.6. The topological polar surface area (TPSA) is 94.4 Å². The minimum absolute atomic E-state index is 0.0141. The van der Waals surface area contributed by atoms with Crippen LogP contribution >= 0.6 is 0 Å². The van der Waals surface area contributed by atoms with Crippen molar-refractivity contribution in [1.82, 2.24) is 19.7 Å². The van der Waals surface area contributed by atoms with Crippen molar-refractivity contribution < 1.29 is 22.3 Å². The number of carbonyl (C=O) groups excluding carboxylic acids is 1. The van der Waals surface area contributed by atoms with E-state index in [0.717, 1.165) is 10.2 Å². The molecule has 1 amide bonds. The molecule has 2 aromatic heterocycles. The van der Waals surface area contributed by atoms with Gasteiger partial charge in [-0.2, -0.15) is 5.10 Å². The second kappa shape index (κ2) is 8.93. The van der Waals surface area contributed by atoms with Crippen LogP contribution in [0.15, 0.2) is 52.5 Å². The molecule has 33 heavy (non-hydrogen) atoms. The van der Waals surface area contributed by atoms with Gasteiger partial charge in [-0.15, -0.1) is 0 Å². The summed E-state index contributed by atoms with van der Waals surface area (Å²) in [5, 5.41) is 4.11. The van der Waals surface area contributed by atoms with Crippen LogP contribution in [-0.4, -0.2) is 46.8 Å². The number of aromatic nitrogens is 3. The number of benzene rings is 1. The van der Waals surface area contributed by atoms with Gasteiger partial charge in [0.25, 0.3) is 0 Å². The van der Waals surface area contributed by atoms with Crippen LogP contribution in [0.5, 0.6) is 0 Å². The number of hydrogen-bond acceptors (Lipinski definition) is 6. The molecule has 0 N–H and O–H groups in total. The first-order valence-electron chi connectivity index (χ1n) is 10.3. The molecule has 0 saturated carbocycles. The van der Waals surface area contributed by atoms with Crippen LogP contribution in [0.25, 0.3) is 5.69 Å². The normalized spacial score (nSPS) is 12.0. The Morgan fingerprint density at radius 1 is 1.15 bits per heavy atom. The Morgan fingerprint density at radius 3 is 2.45 bits per heavy atom. The fourth-order valence-corrected chi connectivity index (χ4v) is 4.36. The van der Waals surface area contributed by atoms with Crippen LogP contribution in [0, 0.1) is 19.7 Å². The number of aryl methyl sites for hydroxylation is 2. The summed E-state index contributed by atoms with van der Waals surface area (Å²) in [6, 6.07) is 8.69. The lowest BCUT2D eigenvalue weighted by molar-refractivity contribution is 0.0283. The maximum atomic E-state index is 14.7. The van der Waals surface area contributed by atoms with Gasteiger partial charge in [0.2, 0.25) is 9.84 Å². The van der Waals surface area contributed by atoms with Crippen LogP contribution < -0.4 is 0 Å². The third kappa shape index (κ3) is 5.57. The lowest BCUT2D eigenvalue weighted by atomic mass is 10.2. The number of ether oxygens (including phenoxy) is 1. The quantitative estimate of drug-likeness (QED) is 0.550. The summed E-state index contributed by atoms with van der Waals surface area (Å²) in [5.74, 6) is -0.630. The van der Waals surface area contributed by atoms with Crippen molar-refractivity contribution in [2.24, 2.45) is 0 Å². The third-order valence-corrected chi connectivity index (χ3v) is 6.33. The van der Waals surface area contributed by atoms with Crippen LogP contribution in [0.2, 0.25) is 0 Å². The predicted octanol–water partition coefficient (Wildman–Crippen LogP) is 4.22. The Kier molecular flexibility index (Phi) is 6.60. The fourth-order valence-electron chi connectivity index (χ4n) is 3.02. The van der Waals surface area contributed by atoms with Crippen molar-refractivity contribution in [1.29, 1.82) is 0 Å². The van der Waals surface area contributed by atoms with Crippen molar-refractivity contribution in [3.05, 3.63) is 65.4 Å². The molecule has 0 unspecified atom stereocenters. The number of carbonyl (C=O) groups is 1. The Bertz CT molecular complexity index is 1280. The summed E-state index contributed by atoms with van der Waals surface area (Å²) in [6.45, 7) is 8.70. The summed E-state index contributed by atoms with van der Waals surface area (Å²) in [6.07, 6.45) is 0.659. The van der Waals surface area contributed by atoms with Crippen LogP contribution in [-0.2, 0) is 21.1 Å². The van der Waals surface area contributed by atoms with E-state index in [1.165, 1.54) is 42.4 Å². The van der Waals surface area contributed by atoms with Crippen molar-refractivity contribution >= 4 is 15.9 Å². The zero-order valence-corrected chi connectivity index (χ0v) is 20.3. The van der Waals surface area contributed by atoms with E-state index in [1.807, 2.05) is 0 Å². The molecule has 8 nitrogen and oxygen atoms in total. The number of pyridine rings is 1. The molecule has 176 valence electrons. The largest absolute Gasteiger partial charge is 0.444 e. The Hall–Kier alpha value is -3.27. The van der Waals surface area contributed by atoms with Gasteiger partial charge in [-0.1, -0.05) is 6.07 Å². The molecule has 10 heteroatoms. The van der Waals surface area contributed by atoms with Crippen molar-refractivity contribution in [3.8, 4) is 5.69 Å². The summed E-state index contributed by atoms with van der Waals surface area (Å²) < 4.78 is 48.0. The van der Waals surface area contributed by atoms with Crippen LogP contribution in [0.3, 0.4) is 0 Å². The number of hydrogen-bond donors (Lipinski definition) is 0. The van der Waals surface area contributed by atoms with Gasteiger partial charge in [0.05, 0.1) is 17.1 Å². The molecule has 1 aromatic carbocycles. The molecule has 0 aliphatic heterocycles. The van der Waals surface area contributed by atoms with Gasteiger partial charge in [-0.25, -0.2) is 22.3 Å². The number of amides is 1. The molecule has 0 radical (unpaired) electrons. The monoisotopic (exact) mass is 474 g/mol. The van der Waals surface area contributed by atoms with Gasteiger partial charge in [0.15, 0.2) is 5.03 Å². The van der Waals surface area contributed by atoms with Crippen molar-refractivity contribution in [3.63, 3.8) is 0 Å². The highest BCUT2D eigenvalue weighted by Gasteiger charge is 2.28. The van der Waals surface area contributed by atoms with Gasteiger partial charge in [0.1, 0.15) is 17.1 Å². The zero-order valence-electron chi connectivity index (χ0n) is 19.5. The van der Waals surface area contributed by atoms with Crippen molar-refractivity contribution in [2.45, 2.75) is 56.7 Å². The molecule has 2 heterocycles. The number of rotatable bonds is 5. The van der Waals surface area contributed by atoms with E-state index in [9.17, 15) is 17.6 Å². The van der Waals surface area contributed by atoms with E-state index in [1.54, 1.807) is 46.8 Å². The smallest absolute Gasteiger partial charge is 0.410 e. The summed E-state index contributed by atoms with van der Waals surface area (Å²) in [7, 11) is -2.58. The van der Waals surface area contributed by atoms with Crippen LogP contribution in [0.4, 0.5) is 9.18 Å². The Balaban J connectivity index is 2.10. The highest BCUT2D eigenvalue weighted by atomic mass is 32.2. The Labute approximate surface area is 192 Å².